The SMILES string of the molecule is Cc1ccccc1C(N)COC1CCC(C)C(C)C1. The first-order chi connectivity index (χ1) is 9.08. The highest BCUT2D eigenvalue weighted by Crippen LogP contribution is 2.31. The maximum absolute atomic E-state index is 6.25. The summed E-state index contributed by atoms with van der Waals surface area (Å²) in [5.41, 5.74) is 8.71. The average molecular weight is 261 g/mol. The maximum Gasteiger partial charge on any atom is 0.0663 e. The van der Waals surface area contributed by atoms with Gasteiger partial charge < -0.3 is 10.5 Å². The van der Waals surface area contributed by atoms with Crippen LogP contribution in [0.1, 0.15) is 50.3 Å². The zero-order chi connectivity index (χ0) is 13.8. The van der Waals surface area contributed by atoms with Crippen LogP contribution in [-0.4, -0.2) is 12.7 Å². The zero-order valence-electron chi connectivity index (χ0n) is 12.4. The molecule has 1 aliphatic rings. The second-order valence-electron chi connectivity index (χ2n) is 6.19. The molecular weight excluding hydrogens is 234 g/mol. The molecule has 1 aliphatic carbocycles. The van der Waals surface area contributed by atoms with Gasteiger partial charge in [0.25, 0.3) is 0 Å². The Labute approximate surface area is 117 Å². The van der Waals surface area contributed by atoms with Crippen LogP contribution in [0.2, 0.25) is 0 Å². The Morgan fingerprint density at radius 3 is 2.63 bits per heavy atom. The molecule has 0 bridgehead atoms. The summed E-state index contributed by atoms with van der Waals surface area (Å²) in [7, 11) is 0. The monoisotopic (exact) mass is 261 g/mol. The fraction of sp³-hybridized carbons (Fsp3) is 0.647. The van der Waals surface area contributed by atoms with Gasteiger partial charge in [0.1, 0.15) is 0 Å². The lowest BCUT2D eigenvalue weighted by Gasteiger charge is -2.32. The predicted molar refractivity (Wildman–Crippen MR) is 80.0 cm³/mol. The van der Waals surface area contributed by atoms with Gasteiger partial charge in [-0.2, -0.15) is 0 Å². The summed E-state index contributed by atoms with van der Waals surface area (Å²) in [4.78, 5) is 0. The molecule has 4 atom stereocenters. The number of benzene rings is 1. The molecule has 0 amide bonds. The molecule has 0 spiro atoms. The van der Waals surface area contributed by atoms with Crippen LogP contribution >= 0.6 is 0 Å². The van der Waals surface area contributed by atoms with Crippen molar-refractivity contribution in [1.29, 1.82) is 0 Å². The lowest BCUT2D eigenvalue weighted by Crippen LogP contribution is -2.29. The van der Waals surface area contributed by atoms with Gasteiger partial charge in [-0.25, -0.2) is 0 Å². The highest BCUT2D eigenvalue weighted by molar-refractivity contribution is 5.28. The average Bonchev–Trinajstić information content (AvgIpc) is 2.40. The van der Waals surface area contributed by atoms with E-state index in [1.165, 1.54) is 30.4 Å². The van der Waals surface area contributed by atoms with Crippen LogP contribution in [0.25, 0.3) is 0 Å². The van der Waals surface area contributed by atoms with Crippen LogP contribution in [0.3, 0.4) is 0 Å². The van der Waals surface area contributed by atoms with Gasteiger partial charge >= 0.3 is 0 Å². The molecule has 1 aromatic rings. The van der Waals surface area contributed by atoms with Crippen LogP contribution < -0.4 is 5.73 Å². The first-order valence-corrected chi connectivity index (χ1v) is 7.50. The molecule has 1 aromatic carbocycles. The fourth-order valence-corrected chi connectivity index (χ4v) is 2.98. The molecule has 1 fully saturated rings. The van der Waals surface area contributed by atoms with Gasteiger partial charge in [0.2, 0.25) is 0 Å². The van der Waals surface area contributed by atoms with Crippen molar-refractivity contribution in [3.63, 3.8) is 0 Å². The molecule has 0 aromatic heterocycles. The second kappa shape index (κ2) is 6.53. The molecule has 106 valence electrons. The molecule has 4 unspecified atom stereocenters. The zero-order valence-corrected chi connectivity index (χ0v) is 12.4. The molecule has 0 saturated heterocycles. The van der Waals surface area contributed by atoms with Gasteiger partial charge in [0.15, 0.2) is 0 Å². The number of hydrogen-bond acceptors (Lipinski definition) is 2. The number of aryl methyl sites for hydroxylation is 1. The third-order valence-corrected chi connectivity index (χ3v) is 4.65. The van der Waals surface area contributed by atoms with Crippen LogP contribution in [0.5, 0.6) is 0 Å². The van der Waals surface area contributed by atoms with Crippen LogP contribution in [0.15, 0.2) is 24.3 Å². The summed E-state index contributed by atoms with van der Waals surface area (Å²) in [6, 6.07) is 8.31. The van der Waals surface area contributed by atoms with E-state index in [-0.39, 0.29) is 6.04 Å². The molecule has 2 rings (SSSR count). The first-order valence-electron chi connectivity index (χ1n) is 7.50. The maximum atomic E-state index is 6.25. The largest absolute Gasteiger partial charge is 0.376 e. The van der Waals surface area contributed by atoms with E-state index < -0.39 is 0 Å². The first kappa shape index (κ1) is 14.5. The molecule has 19 heavy (non-hydrogen) atoms. The van der Waals surface area contributed by atoms with Crippen molar-refractivity contribution >= 4 is 0 Å². The van der Waals surface area contributed by atoms with Gasteiger partial charge in [-0.3, -0.25) is 0 Å². The molecule has 2 N–H and O–H groups in total. The third-order valence-electron chi connectivity index (χ3n) is 4.65. The van der Waals surface area contributed by atoms with Crippen LogP contribution in [-0.2, 0) is 4.74 Å². The summed E-state index contributed by atoms with van der Waals surface area (Å²) in [5, 5.41) is 0. The Morgan fingerprint density at radius 2 is 1.95 bits per heavy atom. The molecule has 1 saturated carbocycles. The summed E-state index contributed by atoms with van der Waals surface area (Å²) >= 11 is 0. The Bertz CT molecular complexity index is 404. The van der Waals surface area contributed by atoms with Gasteiger partial charge in [-0.05, 0) is 49.1 Å². The van der Waals surface area contributed by atoms with Gasteiger partial charge in [-0.1, -0.05) is 38.1 Å². The standard InChI is InChI=1S/C17H27NO/c1-12-8-9-15(10-14(12)3)19-11-17(18)16-7-5-4-6-13(16)2/h4-7,12,14-15,17H,8-11,18H2,1-3H3. The van der Waals surface area contributed by atoms with Crippen LogP contribution in [0.4, 0.5) is 0 Å². The van der Waals surface area contributed by atoms with Crippen molar-refractivity contribution in [2.24, 2.45) is 17.6 Å². The number of hydrogen-bond donors (Lipinski definition) is 1. The highest BCUT2D eigenvalue weighted by Gasteiger charge is 2.25. The molecule has 0 aliphatic heterocycles. The molecule has 0 heterocycles. The predicted octanol–water partition coefficient (Wildman–Crippen LogP) is 3.84. The minimum Gasteiger partial charge on any atom is -0.376 e. The van der Waals surface area contributed by atoms with Crippen molar-refractivity contribution in [2.45, 2.75) is 52.2 Å². The van der Waals surface area contributed by atoms with E-state index in [4.69, 9.17) is 10.5 Å². The highest BCUT2D eigenvalue weighted by atomic mass is 16.5. The number of nitrogens with two attached hydrogens (primary N) is 1. The molecule has 2 nitrogen and oxygen atoms in total. The van der Waals surface area contributed by atoms with E-state index in [9.17, 15) is 0 Å². The normalized spacial score (nSPS) is 29.2. The summed E-state index contributed by atoms with van der Waals surface area (Å²) in [6.07, 6.45) is 4.06. The molecular formula is C17H27NO. The Morgan fingerprint density at radius 1 is 1.21 bits per heavy atom. The third kappa shape index (κ3) is 3.80. The topological polar surface area (TPSA) is 35.2 Å². The minimum atomic E-state index is -0.00384. The minimum absolute atomic E-state index is 0.00384. The Kier molecular flexibility index (Phi) is 5.00. The lowest BCUT2D eigenvalue weighted by molar-refractivity contribution is -0.00368. The summed E-state index contributed by atoms with van der Waals surface area (Å²) < 4.78 is 6.05. The fourth-order valence-electron chi connectivity index (χ4n) is 2.98. The molecule has 0 radical (unpaired) electrons. The van der Waals surface area contributed by atoms with E-state index in [1.807, 2.05) is 6.07 Å². The van der Waals surface area contributed by atoms with Crippen molar-refractivity contribution in [2.75, 3.05) is 6.61 Å². The van der Waals surface area contributed by atoms with Crippen LogP contribution in [0, 0.1) is 18.8 Å². The van der Waals surface area contributed by atoms with Crippen molar-refractivity contribution in [3.05, 3.63) is 35.4 Å². The number of ether oxygens (including phenoxy) is 1. The summed E-state index contributed by atoms with van der Waals surface area (Å²) in [6.45, 7) is 7.43. The van der Waals surface area contributed by atoms with E-state index in [2.05, 4.69) is 39.0 Å². The van der Waals surface area contributed by atoms with Crippen molar-refractivity contribution in [1.82, 2.24) is 0 Å². The molecule has 2 heteroatoms. The van der Waals surface area contributed by atoms with Crippen molar-refractivity contribution < 1.29 is 4.74 Å². The Hall–Kier alpha value is -0.860. The van der Waals surface area contributed by atoms with E-state index in [0.29, 0.717) is 12.7 Å². The van der Waals surface area contributed by atoms with Gasteiger partial charge in [0, 0.05) is 0 Å². The lowest BCUT2D eigenvalue weighted by atomic mass is 9.80. The van der Waals surface area contributed by atoms with Crippen molar-refractivity contribution in [3.8, 4) is 0 Å². The number of rotatable bonds is 4. The quantitative estimate of drug-likeness (QED) is 0.894. The van der Waals surface area contributed by atoms with E-state index >= 15 is 0 Å². The van der Waals surface area contributed by atoms with Gasteiger partial charge in [0.05, 0.1) is 18.8 Å². The van der Waals surface area contributed by atoms with Gasteiger partial charge in [-0.15, -0.1) is 0 Å². The smallest absolute Gasteiger partial charge is 0.0663 e. The second-order valence-corrected chi connectivity index (χ2v) is 6.19. The van der Waals surface area contributed by atoms with E-state index in [0.717, 1.165) is 11.8 Å². The summed E-state index contributed by atoms with van der Waals surface area (Å²) in [5.74, 6) is 1.61. The Balaban J connectivity index is 1.84. The van der Waals surface area contributed by atoms with E-state index in [1.54, 1.807) is 0 Å².